The second-order valence-corrected chi connectivity index (χ2v) is 3.56. The Hall–Kier alpha value is -1.88. The Morgan fingerprint density at radius 1 is 1.50 bits per heavy atom. The van der Waals surface area contributed by atoms with Gasteiger partial charge in [-0.1, -0.05) is 12.1 Å². The van der Waals surface area contributed by atoms with E-state index in [0.29, 0.717) is 6.54 Å². The minimum atomic E-state index is -0.174. The summed E-state index contributed by atoms with van der Waals surface area (Å²) < 4.78 is 1.96. The molecule has 84 valence electrons. The highest BCUT2D eigenvalue weighted by Gasteiger charge is 2.07. The number of aryl methyl sites for hydroxylation is 1. The van der Waals surface area contributed by atoms with Crippen LogP contribution in [0.5, 0.6) is 0 Å². The molecule has 0 radical (unpaired) electrons. The highest BCUT2D eigenvalue weighted by Crippen LogP contribution is 2.13. The van der Waals surface area contributed by atoms with Crippen LogP contribution in [0.15, 0.2) is 24.3 Å². The average Bonchev–Trinajstić information content (AvgIpc) is 2.64. The molecule has 1 heterocycles. The van der Waals surface area contributed by atoms with Crippen LogP contribution in [0.2, 0.25) is 0 Å². The van der Waals surface area contributed by atoms with Gasteiger partial charge in [-0.05, 0) is 12.1 Å². The van der Waals surface area contributed by atoms with Crippen LogP contribution in [-0.2, 0) is 18.4 Å². The van der Waals surface area contributed by atoms with Gasteiger partial charge in [0.2, 0.25) is 5.91 Å². The van der Waals surface area contributed by atoms with Crippen LogP contribution >= 0.6 is 0 Å². The Bertz CT molecular complexity index is 518. The van der Waals surface area contributed by atoms with Crippen molar-refractivity contribution in [2.24, 2.45) is 12.8 Å². The van der Waals surface area contributed by atoms with Gasteiger partial charge in [0.25, 0.3) is 0 Å². The number of aromatic nitrogens is 2. The Balaban J connectivity index is 2.24. The molecule has 0 aliphatic carbocycles. The van der Waals surface area contributed by atoms with Gasteiger partial charge in [0.15, 0.2) is 0 Å². The van der Waals surface area contributed by atoms with E-state index in [-0.39, 0.29) is 12.5 Å². The van der Waals surface area contributed by atoms with E-state index in [2.05, 4.69) is 10.3 Å². The van der Waals surface area contributed by atoms with E-state index in [1.54, 1.807) is 0 Å². The van der Waals surface area contributed by atoms with E-state index >= 15 is 0 Å². The molecule has 5 nitrogen and oxygen atoms in total. The van der Waals surface area contributed by atoms with Crippen LogP contribution in [0.3, 0.4) is 0 Å². The zero-order chi connectivity index (χ0) is 11.5. The molecular formula is C11H14N4O. The van der Waals surface area contributed by atoms with Crippen LogP contribution in [0.25, 0.3) is 11.0 Å². The Morgan fingerprint density at radius 2 is 2.25 bits per heavy atom. The van der Waals surface area contributed by atoms with E-state index in [0.717, 1.165) is 16.9 Å². The standard InChI is InChI=1S/C11H14N4O/c1-15-9-5-3-2-4-8(9)14-10(15)7-13-11(16)6-12/h2-5H,6-7,12H2,1H3,(H,13,16). The van der Waals surface area contributed by atoms with Gasteiger partial charge in [-0.25, -0.2) is 4.98 Å². The Morgan fingerprint density at radius 3 is 2.94 bits per heavy atom. The number of nitrogens with two attached hydrogens (primary N) is 1. The summed E-state index contributed by atoms with van der Waals surface area (Å²) in [4.78, 5) is 15.5. The quantitative estimate of drug-likeness (QED) is 0.770. The van der Waals surface area contributed by atoms with Crippen molar-refractivity contribution in [2.45, 2.75) is 6.54 Å². The molecule has 0 saturated carbocycles. The van der Waals surface area contributed by atoms with Gasteiger partial charge in [-0.15, -0.1) is 0 Å². The number of imidazole rings is 1. The molecule has 0 fully saturated rings. The van der Waals surface area contributed by atoms with Crippen LogP contribution in [-0.4, -0.2) is 22.0 Å². The molecule has 0 atom stereocenters. The lowest BCUT2D eigenvalue weighted by atomic mass is 10.3. The predicted octanol–water partition coefficient (Wildman–Crippen LogP) is 0.148. The second kappa shape index (κ2) is 4.32. The van der Waals surface area contributed by atoms with Gasteiger partial charge < -0.3 is 15.6 Å². The molecule has 5 heteroatoms. The number of hydrogen-bond acceptors (Lipinski definition) is 3. The maximum atomic E-state index is 11.0. The average molecular weight is 218 g/mol. The van der Waals surface area contributed by atoms with Crippen molar-refractivity contribution in [3.8, 4) is 0 Å². The molecule has 16 heavy (non-hydrogen) atoms. The lowest BCUT2D eigenvalue weighted by Gasteiger charge is -2.03. The monoisotopic (exact) mass is 218 g/mol. The summed E-state index contributed by atoms with van der Waals surface area (Å²) in [6.45, 7) is 0.408. The topological polar surface area (TPSA) is 72.9 Å². The number of amides is 1. The smallest absolute Gasteiger partial charge is 0.234 e. The minimum Gasteiger partial charge on any atom is -0.348 e. The van der Waals surface area contributed by atoms with E-state index in [4.69, 9.17) is 5.73 Å². The maximum Gasteiger partial charge on any atom is 0.234 e. The lowest BCUT2D eigenvalue weighted by Crippen LogP contribution is -2.30. The first kappa shape index (κ1) is 10.6. The summed E-state index contributed by atoms with van der Waals surface area (Å²) in [5.41, 5.74) is 7.20. The molecular weight excluding hydrogens is 204 g/mol. The fourth-order valence-electron chi connectivity index (χ4n) is 1.60. The van der Waals surface area contributed by atoms with Crippen molar-refractivity contribution in [1.82, 2.24) is 14.9 Å². The molecule has 2 rings (SSSR count). The van der Waals surface area contributed by atoms with Crippen molar-refractivity contribution in [2.75, 3.05) is 6.54 Å². The molecule has 0 aliphatic heterocycles. The molecule has 2 aromatic rings. The number of nitrogens with zero attached hydrogens (tertiary/aromatic N) is 2. The first-order chi connectivity index (χ1) is 7.72. The van der Waals surface area contributed by atoms with Gasteiger partial charge in [-0.3, -0.25) is 4.79 Å². The number of carbonyl (C=O) groups is 1. The predicted molar refractivity (Wildman–Crippen MR) is 61.6 cm³/mol. The third kappa shape index (κ3) is 1.90. The maximum absolute atomic E-state index is 11.0. The number of para-hydroxylation sites is 2. The Labute approximate surface area is 93.3 Å². The molecule has 0 saturated heterocycles. The third-order valence-corrected chi connectivity index (χ3v) is 2.51. The number of carbonyl (C=O) groups excluding carboxylic acids is 1. The summed E-state index contributed by atoms with van der Waals surface area (Å²) in [6, 6.07) is 7.85. The number of hydrogen-bond donors (Lipinski definition) is 2. The number of rotatable bonds is 3. The van der Waals surface area contributed by atoms with E-state index in [1.165, 1.54) is 0 Å². The lowest BCUT2D eigenvalue weighted by molar-refractivity contribution is -0.119. The van der Waals surface area contributed by atoms with Gasteiger partial charge in [0.05, 0.1) is 24.1 Å². The molecule has 1 aromatic carbocycles. The van der Waals surface area contributed by atoms with Crippen molar-refractivity contribution in [3.05, 3.63) is 30.1 Å². The van der Waals surface area contributed by atoms with Crippen molar-refractivity contribution in [1.29, 1.82) is 0 Å². The van der Waals surface area contributed by atoms with Gasteiger partial charge in [0.1, 0.15) is 5.82 Å². The molecule has 1 amide bonds. The summed E-state index contributed by atoms with van der Waals surface area (Å²) in [7, 11) is 1.93. The number of nitrogens with one attached hydrogen (secondary N) is 1. The van der Waals surface area contributed by atoms with E-state index in [1.807, 2.05) is 35.9 Å². The molecule has 3 N–H and O–H groups in total. The first-order valence-corrected chi connectivity index (χ1v) is 5.09. The fraction of sp³-hybridized carbons (Fsp3) is 0.273. The molecule has 0 spiro atoms. The Kier molecular flexibility index (Phi) is 2.87. The van der Waals surface area contributed by atoms with Crippen LogP contribution in [0.4, 0.5) is 0 Å². The molecule has 0 bridgehead atoms. The molecule has 0 aliphatic rings. The summed E-state index contributed by atoms with van der Waals surface area (Å²) in [6.07, 6.45) is 0. The largest absolute Gasteiger partial charge is 0.348 e. The van der Waals surface area contributed by atoms with Gasteiger partial charge >= 0.3 is 0 Å². The highest BCUT2D eigenvalue weighted by molar-refractivity contribution is 5.78. The van der Waals surface area contributed by atoms with Crippen LogP contribution in [0.1, 0.15) is 5.82 Å². The number of benzene rings is 1. The first-order valence-electron chi connectivity index (χ1n) is 5.09. The minimum absolute atomic E-state index is 0.00391. The van der Waals surface area contributed by atoms with E-state index < -0.39 is 0 Å². The zero-order valence-electron chi connectivity index (χ0n) is 9.10. The van der Waals surface area contributed by atoms with Crippen molar-refractivity contribution in [3.63, 3.8) is 0 Å². The summed E-state index contributed by atoms with van der Waals surface area (Å²) >= 11 is 0. The molecule has 1 aromatic heterocycles. The van der Waals surface area contributed by atoms with Crippen molar-refractivity contribution < 1.29 is 4.79 Å². The number of fused-ring (bicyclic) bond motifs is 1. The molecule has 0 unspecified atom stereocenters. The zero-order valence-corrected chi connectivity index (χ0v) is 9.10. The SMILES string of the molecule is Cn1c(CNC(=O)CN)nc2ccccc21. The fourth-order valence-corrected chi connectivity index (χ4v) is 1.60. The van der Waals surface area contributed by atoms with Crippen LogP contribution in [0, 0.1) is 0 Å². The normalized spacial score (nSPS) is 10.6. The highest BCUT2D eigenvalue weighted by atomic mass is 16.1. The van der Waals surface area contributed by atoms with Gasteiger partial charge in [0, 0.05) is 7.05 Å². The third-order valence-electron chi connectivity index (χ3n) is 2.51. The summed E-state index contributed by atoms with van der Waals surface area (Å²) in [5, 5.41) is 2.70. The van der Waals surface area contributed by atoms with Crippen molar-refractivity contribution >= 4 is 16.9 Å². The van der Waals surface area contributed by atoms with Crippen LogP contribution < -0.4 is 11.1 Å². The van der Waals surface area contributed by atoms with Gasteiger partial charge in [-0.2, -0.15) is 0 Å². The second-order valence-electron chi connectivity index (χ2n) is 3.56. The summed E-state index contributed by atoms with van der Waals surface area (Å²) in [5.74, 6) is 0.648. The van der Waals surface area contributed by atoms with E-state index in [9.17, 15) is 4.79 Å².